The first kappa shape index (κ1) is 25.7. The van der Waals surface area contributed by atoms with E-state index in [9.17, 15) is 24.3 Å². The number of hydrogen-bond acceptors (Lipinski definition) is 9. The van der Waals surface area contributed by atoms with Crippen molar-refractivity contribution in [3.8, 4) is 11.5 Å². The van der Waals surface area contributed by atoms with Crippen LogP contribution in [0.3, 0.4) is 0 Å². The van der Waals surface area contributed by atoms with E-state index in [-0.39, 0.29) is 16.8 Å². The van der Waals surface area contributed by atoms with E-state index in [4.69, 9.17) is 18.9 Å². The van der Waals surface area contributed by atoms with Crippen LogP contribution in [0.2, 0.25) is 0 Å². The van der Waals surface area contributed by atoms with E-state index < -0.39 is 36.0 Å². The molecule has 0 aliphatic rings. The number of anilines is 1. The summed E-state index contributed by atoms with van der Waals surface area (Å²) in [7, 11) is 2.79. The molecule has 2 atom stereocenters. The van der Waals surface area contributed by atoms with Gasteiger partial charge in [0, 0.05) is 6.20 Å². The second kappa shape index (κ2) is 12.0. The van der Waals surface area contributed by atoms with Gasteiger partial charge in [0.1, 0.15) is 11.5 Å². The van der Waals surface area contributed by atoms with Crippen LogP contribution in [0.15, 0.2) is 73.1 Å². The minimum absolute atomic E-state index is 0.0169. The molecule has 1 aromatic heterocycles. The van der Waals surface area contributed by atoms with Gasteiger partial charge < -0.3 is 29.4 Å². The summed E-state index contributed by atoms with van der Waals surface area (Å²) >= 11 is 0. The van der Waals surface area contributed by atoms with Crippen LogP contribution in [0.1, 0.15) is 20.7 Å². The molecule has 11 heteroatoms. The van der Waals surface area contributed by atoms with Gasteiger partial charge >= 0.3 is 17.9 Å². The molecule has 3 rings (SSSR count). The lowest BCUT2D eigenvalue weighted by Gasteiger charge is -2.23. The second-order valence-corrected chi connectivity index (χ2v) is 7.18. The number of methoxy groups -OCH3 is 2. The van der Waals surface area contributed by atoms with Crippen molar-refractivity contribution in [1.29, 1.82) is 0 Å². The number of benzene rings is 2. The number of nitrogens with one attached hydrogen (secondary N) is 1. The molecule has 186 valence electrons. The zero-order valence-corrected chi connectivity index (χ0v) is 19.2. The van der Waals surface area contributed by atoms with Gasteiger partial charge in [-0.3, -0.25) is 9.78 Å². The van der Waals surface area contributed by atoms with Crippen molar-refractivity contribution in [3.05, 3.63) is 84.2 Å². The van der Waals surface area contributed by atoms with Crippen molar-refractivity contribution in [3.63, 3.8) is 0 Å². The number of pyridine rings is 1. The summed E-state index contributed by atoms with van der Waals surface area (Å²) in [5.74, 6) is -4.21. The standard InChI is InChI=1S/C25H22N2O9/c1-33-18-9-3-6-15(12-18)24(31)35-20(22(28)27-17-8-5-11-26-14-17)21(23(29)30)36-25(32)16-7-4-10-19(13-16)34-2/h3-14,20-21H,1-2H3,(H,27,28)(H,29,30)/t20-,21-/m0/s1. The summed E-state index contributed by atoms with van der Waals surface area (Å²) in [6, 6.07) is 14.6. The molecule has 3 aromatic rings. The molecule has 0 aliphatic carbocycles. The Morgan fingerprint density at radius 2 is 1.36 bits per heavy atom. The van der Waals surface area contributed by atoms with Crippen LogP contribution in [0.4, 0.5) is 5.69 Å². The van der Waals surface area contributed by atoms with E-state index in [1.54, 1.807) is 12.1 Å². The fourth-order valence-electron chi connectivity index (χ4n) is 3.01. The molecule has 2 aromatic carbocycles. The minimum atomic E-state index is -2.19. The van der Waals surface area contributed by atoms with Crippen LogP contribution < -0.4 is 14.8 Å². The molecule has 2 N–H and O–H groups in total. The van der Waals surface area contributed by atoms with Crippen molar-refractivity contribution in [2.45, 2.75) is 12.2 Å². The van der Waals surface area contributed by atoms with Gasteiger partial charge in [-0.25, -0.2) is 14.4 Å². The van der Waals surface area contributed by atoms with E-state index in [0.717, 1.165) is 0 Å². The third-order valence-electron chi connectivity index (χ3n) is 4.78. The molecular formula is C25H22N2O9. The number of rotatable bonds is 10. The van der Waals surface area contributed by atoms with Crippen LogP contribution in [-0.2, 0) is 19.1 Å². The van der Waals surface area contributed by atoms with Crippen molar-refractivity contribution < 1.29 is 43.2 Å². The Labute approximate surface area is 205 Å². The highest BCUT2D eigenvalue weighted by Crippen LogP contribution is 2.19. The van der Waals surface area contributed by atoms with Gasteiger partial charge in [-0.1, -0.05) is 12.1 Å². The zero-order chi connectivity index (χ0) is 26.1. The lowest BCUT2D eigenvalue weighted by molar-refractivity contribution is -0.157. The van der Waals surface area contributed by atoms with Crippen molar-refractivity contribution in [1.82, 2.24) is 4.98 Å². The van der Waals surface area contributed by atoms with Gasteiger partial charge in [0.05, 0.1) is 37.2 Å². The highest BCUT2D eigenvalue weighted by atomic mass is 16.6. The highest BCUT2D eigenvalue weighted by molar-refractivity contribution is 6.01. The van der Waals surface area contributed by atoms with Gasteiger partial charge in [0.2, 0.25) is 12.2 Å². The first-order chi connectivity index (χ1) is 17.3. The van der Waals surface area contributed by atoms with E-state index in [1.165, 1.54) is 75.1 Å². The van der Waals surface area contributed by atoms with E-state index in [1.807, 2.05) is 0 Å². The lowest BCUT2D eigenvalue weighted by Crippen LogP contribution is -2.48. The number of ether oxygens (including phenoxy) is 4. The quantitative estimate of drug-likeness (QED) is 0.403. The van der Waals surface area contributed by atoms with Crippen molar-refractivity contribution >= 4 is 29.5 Å². The number of carboxylic acids is 1. The molecule has 0 saturated heterocycles. The van der Waals surface area contributed by atoms with Crippen LogP contribution in [0.5, 0.6) is 11.5 Å². The summed E-state index contributed by atoms with van der Waals surface area (Å²) in [5, 5.41) is 12.2. The van der Waals surface area contributed by atoms with Gasteiger partial charge in [-0.15, -0.1) is 0 Å². The number of carbonyl (C=O) groups excluding carboxylic acids is 3. The molecule has 0 spiro atoms. The topological polar surface area (TPSA) is 150 Å². The Morgan fingerprint density at radius 1 is 0.806 bits per heavy atom. The largest absolute Gasteiger partial charge is 0.497 e. The number of hydrogen-bond donors (Lipinski definition) is 2. The summed E-state index contributed by atoms with van der Waals surface area (Å²) < 4.78 is 20.5. The molecule has 11 nitrogen and oxygen atoms in total. The zero-order valence-electron chi connectivity index (χ0n) is 19.2. The molecule has 1 heterocycles. The number of aromatic nitrogens is 1. The molecule has 36 heavy (non-hydrogen) atoms. The monoisotopic (exact) mass is 494 g/mol. The maximum Gasteiger partial charge on any atom is 0.349 e. The summed E-state index contributed by atoms with van der Waals surface area (Å²) in [6.45, 7) is 0. The van der Waals surface area contributed by atoms with Gasteiger partial charge in [0.15, 0.2) is 0 Å². The Balaban J connectivity index is 1.91. The average molecular weight is 494 g/mol. The molecule has 0 radical (unpaired) electrons. The Morgan fingerprint density at radius 3 is 1.83 bits per heavy atom. The number of nitrogens with zero attached hydrogens (tertiary/aromatic N) is 1. The maximum absolute atomic E-state index is 13.1. The van der Waals surface area contributed by atoms with Crippen LogP contribution in [0, 0.1) is 0 Å². The third kappa shape index (κ3) is 6.56. The molecule has 0 fully saturated rings. The normalized spacial score (nSPS) is 11.9. The molecule has 1 amide bonds. The van der Waals surface area contributed by atoms with E-state index in [2.05, 4.69) is 10.3 Å². The maximum atomic E-state index is 13.1. The first-order valence-corrected chi connectivity index (χ1v) is 10.5. The first-order valence-electron chi connectivity index (χ1n) is 10.5. The smallest absolute Gasteiger partial charge is 0.349 e. The third-order valence-corrected chi connectivity index (χ3v) is 4.78. The van der Waals surface area contributed by atoms with E-state index in [0.29, 0.717) is 11.5 Å². The Kier molecular flexibility index (Phi) is 8.54. The highest BCUT2D eigenvalue weighted by Gasteiger charge is 2.41. The SMILES string of the molecule is COc1cccc(C(=O)O[C@H](C(=O)O)[C@H](OC(=O)c2cccc(OC)c2)C(=O)Nc2cccnc2)c1. The van der Waals surface area contributed by atoms with Crippen LogP contribution >= 0.6 is 0 Å². The van der Waals surface area contributed by atoms with Crippen molar-refractivity contribution in [2.24, 2.45) is 0 Å². The lowest BCUT2D eigenvalue weighted by atomic mass is 10.1. The average Bonchev–Trinajstić information content (AvgIpc) is 2.90. The number of carboxylic acid groups (broad SMARTS) is 1. The summed E-state index contributed by atoms with van der Waals surface area (Å²) in [5.41, 5.74) is 0.149. The summed E-state index contributed by atoms with van der Waals surface area (Å²) in [6.07, 6.45) is -1.48. The van der Waals surface area contributed by atoms with Crippen molar-refractivity contribution in [2.75, 3.05) is 19.5 Å². The van der Waals surface area contributed by atoms with Crippen LogP contribution in [-0.4, -0.2) is 60.3 Å². The second-order valence-electron chi connectivity index (χ2n) is 7.18. The Hall–Kier alpha value is -4.93. The number of amides is 1. The van der Waals surface area contributed by atoms with Gasteiger partial charge in [-0.2, -0.15) is 0 Å². The molecule has 0 aliphatic heterocycles. The van der Waals surface area contributed by atoms with Gasteiger partial charge in [-0.05, 0) is 48.5 Å². The Bertz CT molecular complexity index is 1250. The fourth-order valence-corrected chi connectivity index (χ4v) is 3.01. The molecule has 0 bridgehead atoms. The van der Waals surface area contributed by atoms with Gasteiger partial charge in [0.25, 0.3) is 5.91 Å². The molecular weight excluding hydrogens is 472 g/mol. The number of aliphatic carboxylic acids is 1. The number of esters is 2. The fraction of sp³-hybridized carbons (Fsp3) is 0.160. The van der Waals surface area contributed by atoms with Crippen LogP contribution in [0.25, 0.3) is 0 Å². The van der Waals surface area contributed by atoms with E-state index >= 15 is 0 Å². The summed E-state index contributed by atoms with van der Waals surface area (Å²) in [4.78, 5) is 54.6. The number of carbonyl (C=O) groups is 4. The predicted octanol–water partition coefficient (Wildman–Crippen LogP) is 2.57. The minimum Gasteiger partial charge on any atom is -0.497 e. The molecule has 0 unspecified atom stereocenters. The molecule has 0 saturated carbocycles. The predicted molar refractivity (Wildman–Crippen MR) is 125 cm³/mol.